The first-order chi connectivity index (χ1) is 30.6. The number of nitrogens with zero attached hydrogens (tertiary/aromatic N) is 5. The minimum atomic E-state index is -4.60. The van der Waals surface area contributed by atoms with Gasteiger partial charge in [0.2, 0.25) is 5.88 Å². The van der Waals surface area contributed by atoms with Gasteiger partial charge in [0.05, 0.1) is 53.6 Å². The van der Waals surface area contributed by atoms with E-state index in [2.05, 4.69) is 50.8 Å². The lowest BCUT2D eigenvalue weighted by Gasteiger charge is -2.39. The minimum Gasteiger partial charge on any atom is -0.476 e. The molecule has 340 valence electrons. The number of sulfonamides is 1. The fraction of sp³-hybridized carbons (Fsp3) is 0.435. The van der Waals surface area contributed by atoms with Crippen molar-refractivity contribution in [2.24, 2.45) is 5.41 Å². The molecule has 0 bridgehead atoms. The lowest BCUT2D eigenvalue weighted by molar-refractivity contribution is -0.384. The normalized spacial score (nSPS) is 19.3. The van der Waals surface area contributed by atoms with Gasteiger partial charge in [-0.1, -0.05) is 43.2 Å². The van der Waals surface area contributed by atoms with Gasteiger partial charge in [0.1, 0.15) is 17.2 Å². The Balaban J connectivity index is 1.05. The van der Waals surface area contributed by atoms with Crippen LogP contribution in [0.25, 0.3) is 5.57 Å². The molecule has 4 heterocycles. The van der Waals surface area contributed by atoms with E-state index < -0.39 is 31.4 Å². The van der Waals surface area contributed by atoms with Crippen LogP contribution in [0.3, 0.4) is 0 Å². The molecule has 18 heteroatoms. The number of aryl methyl sites for hydroxylation is 1. The number of nitrogens with one attached hydrogen (secondary N) is 2. The number of nitro groups is 1. The van der Waals surface area contributed by atoms with Crippen LogP contribution in [0.4, 0.5) is 34.3 Å². The Labute approximate surface area is 378 Å². The van der Waals surface area contributed by atoms with Gasteiger partial charge in [0.15, 0.2) is 0 Å². The van der Waals surface area contributed by atoms with Crippen LogP contribution in [0.1, 0.15) is 61.0 Å². The maximum absolute atomic E-state index is 14.3. The summed E-state index contributed by atoms with van der Waals surface area (Å²) in [6.07, 6.45) is 3.43. The van der Waals surface area contributed by atoms with Gasteiger partial charge in [-0.25, -0.2) is 13.1 Å². The van der Waals surface area contributed by atoms with Crippen molar-refractivity contribution in [1.82, 2.24) is 14.6 Å². The van der Waals surface area contributed by atoms with E-state index >= 15 is 0 Å². The molecule has 16 nitrogen and oxygen atoms in total. The van der Waals surface area contributed by atoms with E-state index in [1.54, 1.807) is 6.07 Å². The zero-order valence-electron chi connectivity index (χ0n) is 36.4. The highest BCUT2D eigenvalue weighted by molar-refractivity contribution is 7.90. The molecule has 4 N–H and O–H groups in total. The van der Waals surface area contributed by atoms with Crippen molar-refractivity contribution in [3.05, 3.63) is 104 Å². The summed E-state index contributed by atoms with van der Waals surface area (Å²) in [5, 5.41) is 15.8. The standard InChI is InChI=1S/C46H55ClN8O8S/c1-30-23-42-45(50-43(30)48)63-20-4-15-54(42)40-24-34(53-18-16-52(17-19-53)28-32-13-14-46(2,3)26-38(32)31-5-7-33(47)8-6-31)9-11-37(40)44(56)51-64(59,60)36-10-12-39(41(25-36)55(57)58)49-27-35-29-61-21-22-62-35/h5-12,23-25,35,49H,4,13-22,26-29H2,1-3H3,(H2,48,50)(H,51,56)/t35-/m0/s1. The smallest absolute Gasteiger partial charge is 0.293 e. The van der Waals surface area contributed by atoms with Gasteiger partial charge in [-0.2, -0.15) is 4.98 Å². The average molecular weight is 916 g/mol. The number of piperazine rings is 1. The lowest BCUT2D eigenvalue weighted by atomic mass is 9.72. The summed E-state index contributed by atoms with van der Waals surface area (Å²) in [6.45, 7) is 12.7. The maximum atomic E-state index is 14.3. The van der Waals surface area contributed by atoms with E-state index in [1.807, 2.05) is 42.2 Å². The van der Waals surface area contributed by atoms with E-state index in [0.29, 0.717) is 68.0 Å². The number of rotatable bonds is 12. The quantitative estimate of drug-likeness (QED) is 0.0955. The number of ether oxygens (including phenoxy) is 3. The molecular formula is C46H55ClN8O8S. The second kappa shape index (κ2) is 18.9. The third-order valence-corrected chi connectivity index (χ3v) is 14.0. The van der Waals surface area contributed by atoms with Gasteiger partial charge in [-0.3, -0.25) is 19.8 Å². The molecule has 0 unspecified atom stereocenters. The molecule has 0 radical (unpaired) electrons. The van der Waals surface area contributed by atoms with E-state index in [0.717, 1.165) is 68.8 Å². The Morgan fingerprint density at radius 1 is 1.00 bits per heavy atom. The SMILES string of the molecule is Cc1cc2c(nc1N)OCCCN2c1cc(N2CCN(CC3=C(c4ccc(Cl)cc4)CC(C)(C)CC3)CC2)ccc1C(=O)NS(=O)(=O)c1ccc(NC[C@H]2COCCO2)c([N+](=O)[O-])c1. The topological polar surface area (TPSA) is 195 Å². The highest BCUT2D eigenvalue weighted by Gasteiger charge is 2.32. The molecular weight excluding hydrogens is 860 g/mol. The minimum absolute atomic E-state index is 0.0812. The summed E-state index contributed by atoms with van der Waals surface area (Å²) in [4.78, 5) is 36.5. The van der Waals surface area contributed by atoms with Crippen molar-refractivity contribution in [3.63, 3.8) is 0 Å². The number of nitro benzene ring substituents is 1. The molecule has 3 aliphatic heterocycles. The number of anilines is 5. The number of benzene rings is 3. The number of amides is 1. The van der Waals surface area contributed by atoms with Crippen molar-refractivity contribution in [1.29, 1.82) is 0 Å². The summed E-state index contributed by atoms with van der Waals surface area (Å²) in [7, 11) is -4.60. The number of fused-ring (bicyclic) bond motifs is 1. The number of halogens is 1. The monoisotopic (exact) mass is 914 g/mol. The molecule has 1 amide bonds. The number of hydrogen-bond acceptors (Lipinski definition) is 14. The van der Waals surface area contributed by atoms with Crippen LogP contribution in [-0.4, -0.2) is 107 Å². The first-order valence-corrected chi connectivity index (χ1v) is 23.5. The van der Waals surface area contributed by atoms with Gasteiger partial charge in [0.25, 0.3) is 21.6 Å². The number of aromatic nitrogens is 1. The van der Waals surface area contributed by atoms with Crippen molar-refractivity contribution in [2.75, 3.05) is 93.1 Å². The third-order valence-electron chi connectivity index (χ3n) is 12.4. The van der Waals surface area contributed by atoms with Crippen molar-refractivity contribution in [2.45, 2.75) is 57.5 Å². The Morgan fingerprint density at radius 2 is 1.78 bits per heavy atom. The highest BCUT2D eigenvalue weighted by Crippen LogP contribution is 2.44. The van der Waals surface area contributed by atoms with Gasteiger partial charge in [-0.05, 0) is 103 Å². The second-order valence-corrected chi connectivity index (χ2v) is 19.7. The molecule has 64 heavy (non-hydrogen) atoms. The van der Waals surface area contributed by atoms with Gasteiger partial charge < -0.3 is 35.1 Å². The van der Waals surface area contributed by atoms with E-state index in [-0.39, 0.29) is 29.3 Å². The molecule has 1 aliphatic carbocycles. The van der Waals surface area contributed by atoms with Crippen LogP contribution >= 0.6 is 11.6 Å². The van der Waals surface area contributed by atoms with Gasteiger partial charge in [-0.15, -0.1) is 0 Å². The third kappa shape index (κ3) is 10.2. The summed E-state index contributed by atoms with van der Waals surface area (Å²) in [6, 6.07) is 18.9. The van der Waals surface area contributed by atoms with Crippen molar-refractivity contribution in [3.8, 4) is 5.88 Å². The largest absolute Gasteiger partial charge is 0.476 e. The highest BCUT2D eigenvalue weighted by atomic mass is 35.5. The number of allylic oxidation sites excluding steroid dienone is 1. The Bertz CT molecular complexity index is 2540. The lowest BCUT2D eigenvalue weighted by Crippen LogP contribution is -2.47. The van der Waals surface area contributed by atoms with E-state index in [9.17, 15) is 23.3 Å². The summed E-state index contributed by atoms with van der Waals surface area (Å²) in [5.41, 5.74) is 12.9. The first-order valence-electron chi connectivity index (χ1n) is 21.7. The predicted octanol–water partition coefficient (Wildman–Crippen LogP) is 7.19. The van der Waals surface area contributed by atoms with Crippen LogP contribution in [0, 0.1) is 22.5 Å². The zero-order valence-corrected chi connectivity index (χ0v) is 38.0. The molecule has 8 rings (SSSR count). The average Bonchev–Trinajstić information content (AvgIpc) is 3.48. The number of hydrogen-bond donors (Lipinski definition) is 3. The first kappa shape index (κ1) is 45.1. The predicted molar refractivity (Wildman–Crippen MR) is 248 cm³/mol. The molecule has 4 aromatic rings. The summed E-state index contributed by atoms with van der Waals surface area (Å²) < 4.78 is 47.0. The molecule has 0 spiro atoms. The van der Waals surface area contributed by atoms with Crippen LogP contribution in [0.15, 0.2) is 77.2 Å². The van der Waals surface area contributed by atoms with E-state index in [1.165, 1.54) is 28.8 Å². The van der Waals surface area contributed by atoms with Gasteiger partial charge >= 0.3 is 0 Å². The number of pyridine rings is 1. The Hall–Kier alpha value is -5.46. The second-order valence-electron chi connectivity index (χ2n) is 17.6. The number of carbonyl (C=O) groups is 1. The number of carbonyl (C=O) groups excluding carboxylic acids is 1. The molecule has 4 aliphatic rings. The fourth-order valence-electron chi connectivity index (χ4n) is 8.78. The molecule has 2 fully saturated rings. The fourth-order valence-corrected chi connectivity index (χ4v) is 9.89. The molecule has 1 aromatic heterocycles. The number of nitrogens with two attached hydrogens (primary N) is 1. The van der Waals surface area contributed by atoms with Crippen molar-refractivity contribution >= 4 is 67.4 Å². The number of nitrogen functional groups attached to an aromatic ring is 1. The van der Waals surface area contributed by atoms with Crippen LogP contribution in [0.5, 0.6) is 5.88 Å². The van der Waals surface area contributed by atoms with Gasteiger partial charge in [0, 0.05) is 62.6 Å². The zero-order chi connectivity index (χ0) is 45.2. The Kier molecular flexibility index (Phi) is 13.4. The van der Waals surface area contributed by atoms with Crippen LogP contribution < -0.4 is 30.3 Å². The summed E-state index contributed by atoms with van der Waals surface area (Å²) in [5.74, 6) is -0.283. The molecule has 0 saturated carbocycles. The Morgan fingerprint density at radius 3 is 2.52 bits per heavy atom. The maximum Gasteiger partial charge on any atom is 0.293 e. The van der Waals surface area contributed by atoms with Crippen LogP contribution in [-0.2, 0) is 19.5 Å². The summed E-state index contributed by atoms with van der Waals surface area (Å²) >= 11 is 6.26. The van der Waals surface area contributed by atoms with Crippen LogP contribution in [0.2, 0.25) is 5.02 Å². The molecule has 3 aromatic carbocycles. The van der Waals surface area contributed by atoms with E-state index in [4.69, 9.17) is 31.5 Å². The molecule has 2 saturated heterocycles. The van der Waals surface area contributed by atoms with Crippen molar-refractivity contribution < 1.29 is 32.3 Å². The molecule has 1 atom stereocenters.